The first-order chi connectivity index (χ1) is 8.43. The third-order valence-electron chi connectivity index (χ3n) is 2.81. The number of para-hydroxylation sites is 1. The lowest BCUT2D eigenvalue weighted by Crippen LogP contribution is -2.09. The fraction of sp³-hybridized carbons (Fsp3) is 0.308. The summed E-state index contributed by atoms with van der Waals surface area (Å²) in [5, 5.41) is 0.533. The van der Waals surface area contributed by atoms with Gasteiger partial charge in [-0.2, -0.15) is 13.2 Å². The molecule has 0 amide bonds. The van der Waals surface area contributed by atoms with Crippen molar-refractivity contribution in [2.45, 2.75) is 19.5 Å². The summed E-state index contributed by atoms with van der Waals surface area (Å²) in [6.45, 7) is 2.15. The summed E-state index contributed by atoms with van der Waals surface area (Å²) in [4.78, 5) is 4.09. The first kappa shape index (κ1) is 12.8. The maximum atomic E-state index is 12.9. The van der Waals surface area contributed by atoms with Gasteiger partial charge in [0, 0.05) is 17.5 Å². The molecule has 0 bridgehead atoms. The Balaban J connectivity index is 2.74. The normalized spacial score (nSPS) is 12.1. The van der Waals surface area contributed by atoms with E-state index in [1.165, 1.54) is 6.07 Å². The number of benzene rings is 1. The number of nitrogens with zero attached hydrogens (tertiary/aromatic N) is 1. The van der Waals surface area contributed by atoms with Gasteiger partial charge in [-0.05, 0) is 31.2 Å². The summed E-state index contributed by atoms with van der Waals surface area (Å²) >= 11 is 0. The predicted octanol–water partition coefficient (Wildman–Crippen LogP) is 3.06. The number of hydrogen-bond acceptors (Lipinski definition) is 2. The Morgan fingerprint density at radius 3 is 2.61 bits per heavy atom. The van der Waals surface area contributed by atoms with E-state index < -0.39 is 11.7 Å². The lowest BCUT2D eigenvalue weighted by atomic mass is 10.0. The summed E-state index contributed by atoms with van der Waals surface area (Å²) in [6, 6.07) is 5.90. The number of halogens is 3. The van der Waals surface area contributed by atoms with Crippen LogP contribution in [0.1, 0.15) is 16.8 Å². The van der Waals surface area contributed by atoms with Crippen molar-refractivity contribution in [1.29, 1.82) is 0 Å². The van der Waals surface area contributed by atoms with Gasteiger partial charge in [0.25, 0.3) is 0 Å². The van der Waals surface area contributed by atoms with Gasteiger partial charge in [-0.25, -0.2) is 0 Å². The lowest BCUT2D eigenvalue weighted by Gasteiger charge is -2.12. The van der Waals surface area contributed by atoms with E-state index in [-0.39, 0.29) is 5.52 Å². The van der Waals surface area contributed by atoms with E-state index in [1.54, 1.807) is 19.1 Å². The molecule has 2 nitrogen and oxygen atoms in total. The molecule has 2 N–H and O–H groups in total. The highest BCUT2D eigenvalue weighted by Gasteiger charge is 2.33. The van der Waals surface area contributed by atoms with E-state index >= 15 is 0 Å². The molecule has 2 aromatic rings. The average Bonchev–Trinajstić information content (AvgIpc) is 2.27. The summed E-state index contributed by atoms with van der Waals surface area (Å²) in [5.41, 5.74) is 6.11. The van der Waals surface area contributed by atoms with E-state index in [1.807, 2.05) is 0 Å². The molecule has 0 radical (unpaired) electrons. The highest BCUT2D eigenvalue weighted by Crippen LogP contribution is 2.34. The second-order valence-corrected chi connectivity index (χ2v) is 4.17. The zero-order valence-corrected chi connectivity index (χ0v) is 9.88. The maximum Gasteiger partial charge on any atom is 0.418 e. The van der Waals surface area contributed by atoms with Crippen LogP contribution in [0.15, 0.2) is 24.3 Å². The molecule has 0 unspecified atom stereocenters. The molecular formula is C13H13F3N2. The van der Waals surface area contributed by atoms with Crippen molar-refractivity contribution in [2.24, 2.45) is 5.73 Å². The molecule has 5 heteroatoms. The summed E-state index contributed by atoms with van der Waals surface area (Å²) in [6.07, 6.45) is -3.91. The van der Waals surface area contributed by atoms with Gasteiger partial charge in [0.1, 0.15) is 0 Å². The van der Waals surface area contributed by atoms with E-state index in [0.29, 0.717) is 24.0 Å². The topological polar surface area (TPSA) is 38.9 Å². The number of alkyl halides is 3. The molecule has 1 heterocycles. The smallest absolute Gasteiger partial charge is 0.330 e. The Morgan fingerprint density at radius 1 is 1.28 bits per heavy atom. The second kappa shape index (κ2) is 4.57. The standard InChI is InChI=1S/C13H13F3N2/c1-8-7-9(5-6-17)18-12-10(8)3-2-4-11(12)13(14,15)16/h2-4,7H,5-6,17H2,1H3. The van der Waals surface area contributed by atoms with Crippen LogP contribution < -0.4 is 5.73 Å². The van der Waals surface area contributed by atoms with Crippen molar-refractivity contribution in [3.05, 3.63) is 41.1 Å². The maximum absolute atomic E-state index is 12.9. The monoisotopic (exact) mass is 254 g/mol. The van der Waals surface area contributed by atoms with Crippen LogP contribution in [0.3, 0.4) is 0 Å². The van der Waals surface area contributed by atoms with Crippen LogP contribution in [0.25, 0.3) is 10.9 Å². The molecule has 0 fully saturated rings. The van der Waals surface area contributed by atoms with E-state index in [0.717, 1.165) is 11.6 Å². The zero-order chi connectivity index (χ0) is 13.3. The minimum Gasteiger partial charge on any atom is -0.330 e. The van der Waals surface area contributed by atoms with Crippen molar-refractivity contribution >= 4 is 10.9 Å². The van der Waals surface area contributed by atoms with Gasteiger partial charge in [0.15, 0.2) is 0 Å². The number of pyridine rings is 1. The number of rotatable bonds is 2. The molecule has 1 aromatic carbocycles. The van der Waals surface area contributed by atoms with E-state index in [4.69, 9.17) is 5.73 Å². The molecule has 1 aromatic heterocycles. The van der Waals surface area contributed by atoms with Crippen molar-refractivity contribution in [2.75, 3.05) is 6.54 Å². The molecule has 0 saturated heterocycles. The van der Waals surface area contributed by atoms with Crippen molar-refractivity contribution in [1.82, 2.24) is 4.98 Å². The summed E-state index contributed by atoms with van der Waals surface area (Å²) < 4.78 is 38.7. The number of aromatic nitrogens is 1. The summed E-state index contributed by atoms with van der Waals surface area (Å²) in [7, 11) is 0. The molecular weight excluding hydrogens is 241 g/mol. The lowest BCUT2D eigenvalue weighted by molar-refractivity contribution is -0.136. The fourth-order valence-electron chi connectivity index (χ4n) is 1.99. The van der Waals surface area contributed by atoms with Gasteiger partial charge in [0.2, 0.25) is 0 Å². The van der Waals surface area contributed by atoms with Crippen molar-refractivity contribution in [3.63, 3.8) is 0 Å². The van der Waals surface area contributed by atoms with Crippen LogP contribution in [0, 0.1) is 6.92 Å². The molecule has 0 saturated carbocycles. The SMILES string of the molecule is Cc1cc(CCN)nc2c(C(F)(F)F)cccc12. The summed E-state index contributed by atoms with van der Waals surface area (Å²) in [5.74, 6) is 0. The molecule has 0 aliphatic heterocycles. The number of hydrogen-bond donors (Lipinski definition) is 1. The Labute approximate surface area is 103 Å². The van der Waals surface area contributed by atoms with Crippen LogP contribution in [-0.4, -0.2) is 11.5 Å². The first-order valence-electron chi connectivity index (χ1n) is 5.60. The van der Waals surface area contributed by atoms with Crippen molar-refractivity contribution in [3.8, 4) is 0 Å². The Morgan fingerprint density at radius 2 is 2.00 bits per heavy atom. The molecule has 0 aliphatic carbocycles. The Hall–Kier alpha value is -1.62. The predicted molar refractivity (Wildman–Crippen MR) is 64.2 cm³/mol. The van der Waals surface area contributed by atoms with Gasteiger partial charge in [0.05, 0.1) is 11.1 Å². The van der Waals surface area contributed by atoms with Crippen molar-refractivity contribution < 1.29 is 13.2 Å². The minimum absolute atomic E-state index is 0.00782. The van der Waals surface area contributed by atoms with E-state index in [9.17, 15) is 13.2 Å². The molecule has 18 heavy (non-hydrogen) atoms. The largest absolute Gasteiger partial charge is 0.418 e. The molecule has 2 rings (SSSR count). The number of nitrogens with two attached hydrogens (primary N) is 1. The fourth-order valence-corrected chi connectivity index (χ4v) is 1.99. The van der Waals surface area contributed by atoms with Crippen LogP contribution in [0.5, 0.6) is 0 Å². The molecule has 0 aliphatic rings. The van der Waals surface area contributed by atoms with Crippen LogP contribution in [-0.2, 0) is 12.6 Å². The van der Waals surface area contributed by atoms with Gasteiger partial charge >= 0.3 is 6.18 Å². The first-order valence-corrected chi connectivity index (χ1v) is 5.60. The third kappa shape index (κ3) is 2.31. The number of aryl methyl sites for hydroxylation is 1. The molecule has 0 spiro atoms. The van der Waals surface area contributed by atoms with Crippen LogP contribution in [0.2, 0.25) is 0 Å². The molecule has 0 atom stereocenters. The zero-order valence-electron chi connectivity index (χ0n) is 9.88. The third-order valence-corrected chi connectivity index (χ3v) is 2.81. The van der Waals surface area contributed by atoms with E-state index in [2.05, 4.69) is 4.98 Å². The second-order valence-electron chi connectivity index (χ2n) is 4.17. The average molecular weight is 254 g/mol. The highest BCUT2D eigenvalue weighted by atomic mass is 19.4. The van der Waals surface area contributed by atoms with Gasteiger partial charge in [-0.15, -0.1) is 0 Å². The van der Waals surface area contributed by atoms with Gasteiger partial charge in [-0.3, -0.25) is 4.98 Å². The van der Waals surface area contributed by atoms with Gasteiger partial charge in [-0.1, -0.05) is 12.1 Å². The number of fused-ring (bicyclic) bond motifs is 1. The quantitative estimate of drug-likeness (QED) is 0.894. The van der Waals surface area contributed by atoms with Crippen LogP contribution >= 0.6 is 0 Å². The Bertz CT molecular complexity index is 576. The highest BCUT2D eigenvalue weighted by molar-refractivity contribution is 5.85. The van der Waals surface area contributed by atoms with Gasteiger partial charge < -0.3 is 5.73 Å². The minimum atomic E-state index is -4.39. The molecule has 96 valence electrons. The Kier molecular flexibility index (Phi) is 3.26. The van der Waals surface area contributed by atoms with Crippen LogP contribution in [0.4, 0.5) is 13.2 Å².